The number of ether oxygens (including phenoxy) is 1. The standard InChI is InChI=1S/C22H24N6O2/c29-22-18-15-27(7-5-19(18)25-21(26-22)17-2-1-6-23-13-17)14-16-3-4-20(24-12-16)28-8-10-30-11-9-28/h1-4,6,12-13H,5,7-11,14-15H2,(H,25,26,29). The van der Waals surface area contributed by atoms with Crippen molar-refractivity contribution in [1.82, 2.24) is 24.8 Å². The second-order valence-electron chi connectivity index (χ2n) is 7.67. The van der Waals surface area contributed by atoms with Crippen LogP contribution in [0.4, 0.5) is 5.82 Å². The lowest BCUT2D eigenvalue weighted by atomic mass is 10.1. The summed E-state index contributed by atoms with van der Waals surface area (Å²) in [7, 11) is 0. The van der Waals surface area contributed by atoms with Crippen molar-refractivity contribution in [3.63, 3.8) is 0 Å². The van der Waals surface area contributed by atoms with Crippen LogP contribution in [0.15, 0.2) is 47.7 Å². The van der Waals surface area contributed by atoms with Gasteiger partial charge in [-0.25, -0.2) is 9.97 Å². The molecule has 0 radical (unpaired) electrons. The van der Waals surface area contributed by atoms with E-state index in [1.807, 2.05) is 18.3 Å². The summed E-state index contributed by atoms with van der Waals surface area (Å²) in [6.45, 7) is 5.48. The molecule has 5 heterocycles. The maximum absolute atomic E-state index is 12.7. The Morgan fingerprint density at radius 2 is 2.00 bits per heavy atom. The van der Waals surface area contributed by atoms with Gasteiger partial charge in [0.25, 0.3) is 5.56 Å². The molecule has 0 spiro atoms. The lowest BCUT2D eigenvalue weighted by Crippen LogP contribution is -2.37. The van der Waals surface area contributed by atoms with Crippen LogP contribution in [0.3, 0.4) is 0 Å². The second-order valence-corrected chi connectivity index (χ2v) is 7.67. The fraction of sp³-hybridized carbons (Fsp3) is 0.364. The molecule has 0 bridgehead atoms. The molecule has 154 valence electrons. The number of H-pyrrole nitrogens is 1. The summed E-state index contributed by atoms with van der Waals surface area (Å²) in [6, 6.07) is 7.95. The van der Waals surface area contributed by atoms with Crippen molar-refractivity contribution < 1.29 is 4.74 Å². The van der Waals surface area contributed by atoms with Crippen molar-refractivity contribution in [1.29, 1.82) is 0 Å². The van der Waals surface area contributed by atoms with Crippen LogP contribution in [0.1, 0.15) is 16.8 Å². The third kappa shape index (κ3) is 3.96. The third-order valence-corrected chi connectivity index (χ3v) is 5.63. The van der Waals surface area contributed by atoms with E-state index in [1.54, 1.807) is 12.4 Å². The Morgan fingerprint density at radius 1 is 1.10 bits per heavy atom. The van der Waals surface area contributed by atoms with E-state index < -0.39 is 0 Å². The van der Waals surface area contributed by atoms with Crippen molar-refractivity contribution in [3.05, 3.63) is 70.0 Å². The molecular weight excluding hydrogens is 380 g/mol. The van der Waals surface area contributed by atoms with Crippen molar-refractivity contribution in [3.8, 4) is 11.4 Å². The van der Waals surface area contributed by atoms with Crippen LogP contribution in [0, 0.1) is 0 Å². The molecule has 1 N–H and O–H groups in total. The number of hydrogen-bond acceptors (Lipinski definition) is 7. The Hall–Kier alpha value is -3.10. The van der Waals surface area contributed by atoms with Crippen LogP contribution >= 0.6 is 0 Å². The van der Waals surface area contributed by atoms with Gasteiger partial charge in [-0.15, -0.1) is 0 Å². The summed E-state index contributed by atoms with van der Waals surface area (Å²) < 4.78 is 5.40. The summed E-state index contributed by atoms with van der Waals surface area (Å²) in [6.07, 6.45) is 6.12. The maximum Gasteiger partial charge on any atom is 0.255 e. The number of hydrogen-bond donors (Lipinski definition) is 1. The Balaban J connectivity index is 1.28. The van der Waals surface area contributed by atoms with Gasteiger partial charge in [0.15, 0.2) is 0 Å². The largest absolute Gasteiger partial charge is 0.378 e. The normalized spacial score (nSPS) is 17.0. The van der Waals surface area contributed by atoms with Crippen LogP contribution in [-0.2, 0) is 24.2 Å². The zero-order valence-electron chi connectivity index (χ0n) is 16.8. The molecule has 30 heavy (non-hydrogen) atoms. The average molecular weight is 404 g/mol. The molecule has 8 nitrogen and oxygen atoms in total. The highest BCUT2D eigenvalue weighted by molar-refractivity contribution is 5.53. The van der Waals surface area contributed by atoms with Crippen molar-refractivity contribution >= 4 is 5.82 Å². The second kappa shape index (κ2) is 8.33. The number of aromatic amines is 1. The minimum Gasteiger partial charge on any atom is -0.378 e. The van der Waals surface area contributed by atoms with Gasteiger partial charge in [-0.3, -0.25) is 14.7 Å². The first-order valence-electron chi connectivity index (χ1n) is 10.3. The van der Waals surface area contributed by atoms with Crippen LogP contribution < -0.4 is 10.5 Å². The molecule has 0 aliphatic carbocycles. The van der Waals surface area contributed by atoms with E-state index >= 15 is 0 Å². The van der Waals surface area contributed by atoms with Gasteiger partial charge in [0.05, 0.1) is 24.5 Å². The first kappa shape index (κ1) is 18.9. The number of aromatic nitrogens is 4. The Kier molecular flexibility index (Phi) is 5.25. The molecule has 1 saturated heterocycles. The van der Waals surface area contributed by atoms with Crippen molar-refractivity contribution in [2.24, 2.45) is 0 Å². The third-order valence-electron chi connectivity index (χ3n) is 5.63. The van der Waals surface area contributed by atoms with Gasteiger partial charge in [0, 0.05) is 63.3 Å². The number of pyridine rings is 2. The molecule has 0 aromatic carbocycles. The molecule has 3 aromatic heterocycles. The van der Waals surface area contributed by atoms with Crippen LogP contribution in [0.5, 0.6) is 0 Å². The predicted molar refractivity (Wildman–Crippen MR) is 113 cm³/mol. The van der Waals surface area contributed by atoms with E-state index in [0.717, 1.165) is 74.0 Å². The highest BCUT2D eigenvalue weighted by Crippen LogP contribution is 2.20. The molecule has 8 heteroatoms. The van der Waals surface area contributed by atoms with Gasteiger partial charge in [0.1, 0.15) is 11.6 Å². The highest BCUT2D eigenvalue weighted by Gasteiger charge is 2.22. The summed E-state index contributed by atoms with van der Waals surface area (Å²) in [5.41, 5.74) is 3.55. The molecule has 0 atom stereocenters. The summed E-state index contributed by atoms with van der Waals surface area (Å²) in [5.74, 6) is 1.58. The fourth-order valence-corrected chi connectivity index (χ4v) is 4.00. The van der Waals surface area contributed by atoms with Crippen LogP contribution in [0.25, 0.3) is 11.4 Å². The van der Waals surface area contributed by atoms with E-state index in [1.165, 1.54) is 0 Å². The number of nitrogens with zero attached hydrogens (tertiary/aromatic N) is 5. The number of fused-ring (bicyclic) bond motifs is 1. The molecule has 5 rings (SSSR count). The summed E-state index contributed by atoms with van der Waals surface area (Å²) in [5, 5.41) is 0. The predicted octanol–water partition coefficient (Wildman–Crippen LogP) is 1.62. The number of nitrogens with one attached hydrogen (secondary N) is 1. The molecule has 1 fully saturated rings. The van der Waals surface area contributed by atoms with Gasteiger partial charge < -0.3 is 14.6 Å². The summed E-state index contributed by atoms with van der Waals surface area (Å²) >= 11 is 0. The zero-order chi connectivity index (χ0) is 20.3. The molecule has 2 aliphatic heterocycles. The fourth-order valence-electron chi connectivity index (χ4n) is 4.00. The molecule has 2 aliphatic rings. The maximum atomic E-state index is 12.7. The Morgan fingerprint density at radius 3 is 2.77 bits per heavy atom. The quantitative estimate of drug-likeness (QED) is 0.707. The van der Waals surface area contributed by atoms with Crippen LogP contribution in [-0.4, -0.2) is 57.7 Å². The Labute approximate surface area is 174 Å². The first-order valence-corrected chi connectivity index (χ1v) is 10.3. The molecule has 3 aromatic rings. The minimum atomic E-state index is -0.0654. The van der Waals surface area contributed by atoms with E-state index in [4.69, 9.17) is 9.72 Å². The molecule has 0 saturated carbocycles. The van der Waals surface area contributed by atoms with Crippen molar-refractivity contribution in [2.45, 2.75) is 19.5 Å². The number of anilines is 1. The minimum absolute atomic E-state index is 0.0654. The van der Waals surface area contributed by atoms with Crippen LogP contribution in [0.2, 0.25) is 0 Å². The van der Waals surface area contributed by atoms with Crippen molar-refractivity contribution in [2.75, 3.05) is 37.7 Å². The number of rotatable bonds is 4. The lowest BCUT2D eigenvalue weighted by molar-refractivity contribution is 0.122. The SMILES string of the molecule is O=c1[nH]c(-c2cccnc2)nc2c1CN(Cc1ccc(N3CCOCC3)nc1)CC2. The van der Waals surface area contributed by atoms with E-state index in [9.17, 15) is 4.79 Å². The summed E-state index contributed by atoms with van der Waals surface area (Å²) in [4.78, 5) is 33.6. The molecule has 0 amide bonds. The number of morpholine rings is 1. The molecule has 0 unspecified atom stereocenters. The van der Waals surface area contributed by atoms with Gasteiger partial charge in [-0.1, -0.05) is 6.07 Å². The lowest BCUT2D eigenvalue weighted by Gasteiger charge is -2.29. The van der Waals surface area contributed by atoms with E-state index in [2.05, 4.69) is 36.9 Å². The average Bonchev–Trinajstić information content (AvgIpc) is 2.81. The topological polar surface area (TPSA) is 87.2 Å². The van der Waals surface area contributed by atoms with E-state index in [0.29, 0.717) is 12.4 Å². The zero-order valence-corrected chi connectivity index (χ0v) is 16.8. The first-order chi connectivity index (χ1) is 14.8. The van der Waals surface area contributed by atoms with Gasteiger partial charge >= 0.3 is 0 Å². The highest BCUT2D eigenvalue weighted by atomic mass is 16.5. The monoisotopic (exact) mass is 404 g/mol. The van der Waals surface area contributed by atoms with Gasteiger partial charge in [0.2, 0.25) is 0 Å². The van der Waals surface area contributed by atoms with Gasteiger partial charge in [-0.05, 0) is 23.8 Å². The smallest absolute Gasteiger partial charge is 0.255 e. The van der Waals surface area contributed by atoms with Gasteiger partial charge in [-0.2, -0.15) is 0 Å². The van der Waals surface area contributed by atoms with E-state index in [-0.39, 0.29) is 5.56 Å². The Bertz CT molecular complexity index is 1060. The molecular formula is C22H24N6O2.